The molecule has 2 rings (SSSR count). The van der Waals surface area contributed by atoms with Crippen molar-refractivity contribution in [2.24, 2.45) is 5.73 Å². The van der Waals surface area contributed by atoms with E-state index in [9.17, 15) is 16.8 Å². The molecule has 0 aromatic heterocycles. The number of benzene rings is 1. The van der Waals surface area contributed by atoms with Crippen molar-refractivity contribution >= 4 is 20.0 Å². The van der Waals surface area contributed by atoms with Gasteiger partial charge in [0.2, 0.25) is 20.0 Å². The van der Waals surface area contributed by atoms with Crippen molar-refractivity contribution < 1.29 is 16.8 Å². The molecule has 1 fully saturated rings. The summed E-state index contributed by atoms with van der Waals surface area (Å²) in [5.74, 6) is 0. The van der Waals surface area contributed by atoms with Gasteiger partial charge in [0.25, 0.3) is 0 Å². The molecule has 9 heteroatoms. The Bertz CT molecular complexity index is 736. The van der Waals surface area contributed by atoms with Crippen LogP contribution in [-0.4, -0.2) is 58.7 Å². The highest BCUT2D eigenvalue weighted by Gasteiger charge is 2.33. The lowest BCUT2D eigenvalue weighted by Crippen LogP contribution is -2.43. The van der Waals surface area contributed by atoms with Gasteiger partial charge in [0.1, 0.15) is 9.79 Å². The van der Waals surface area contributed by atoms with Gasteiger partial charge in [-0.05, 0) is 25.0 Å². The topological polar surface area (TPSA) is 101 Å². The Kier molecular flexibility index (Phi) is 4.93. The van der Waals surface area contributed by atoms with E-state index in [0.29, 0.717) is 25.9 Å². The normalized spacial score (nSPS) is 18.7. The van der Waals surface area contributed by atoms with Crippen LogP contribution < -0.4 is 5.73 Å². The lowest BCUT2D eigenvalue weighted by Gasteiger charge is -2.30. The average molecular weight is 347 g/mol. The van der Waals surface area contributed by atoms with Gasteiger partial charge in [-0.2, -0.15) is 4.31 Å². The number of piperidine rings is 1. The van der Waals surface area contributed by atoms with Crippen molar-refractivity contribution in [3.05, 3.63) is 24.3 Å². The predicted molar refractivity (Wildman–Crippen MR) is 83.3 cm³/mol. The first kappa shape index (κ1) is 17.4. The van der Waals surface area contributed by atoms with Crippen molar-refractivity contribution in [1.29, 1.82) is 0 Å². The van der Waals surface area contributed by atoms with Crippen molar-refractivity contribution in [3.63, 3.8) is 0 Å². The lowest BCUT2D eigenvalue weighted by atomic mass is 10.1. The number of sulfonamides is 2. The molecule has 2 N–H and O–H groups in total. The summed E-state index contributed by atoms with van der Waals surface area (Å²) >= 11 is 0. The van der Waals surface area contributed by atoms with Crippen molar-refractivity contribution in [2.75, 3.05) is 27.2 Å². The van der Waals surface area contributed by atoms with Gasteiger partial charge in [-0.3, -0.25) is 0 Å². The Hall–Kier alpha value is -1.00. The third-order valence-corrected chi connectivity index (χ3v) is 7.68. The molecule has 1 heterocycles. The SMILES string of the molecule is CN(C)S(=O)(=O)c1ccccc1S(=O)(=O)N1CCC(N)CC1. The molecular formula is C13H21N3O4S2. The van der Waals surface area contributed by atoms with Gasteiger partial charge in [-0.1, -0.05) is 12.1 Å². The van der Waals surface area contributed by atoms with Gasteiger partial charge in [-0.25, -0.2) is 21.1 Å². The quantitative estimate of drug-likeness (QED) is 0.829. The highest BCUT2D eigenvalue weighted by Crippen LogP contribution is 2.27. The number of nitrogens with two attached hydrogens (primary N) is 1. The Morgan fingerprint density at radius 2 is 1.55 bits per heavy atom. The molecule has 1 aromatic carbocycles. The minimum Gasteiger partial charge on any atom is -0.328 e. The van der Waals surface area contributed by atoms with Crippen LogP contribution in [0.1, 0.15) is 12.8 Å². The summed E-state index contributed by atoms with van der Waals surface area (Å²) in [6.45, 7) is 0.611. The minimum atomic E-state index is -3.86. The Morgan fingerprint density at radius 1 is 1.05 bits per heavy atom. The molecule has 1 aliphatic heterocycles. The van der Waals surface area contributed by atoms with Crippen molar-refractivity contribution in [3.8, 4) is 0 Å². The standard InChI is InChI=1S/C13H21N3O4S2/c1-15(2)21(17,18)12-5-3-4-6-13(12)22(19,20)16-9-7-11(14)8-10-16/h3-6,11H,7-10,14H2,1-2H3. The van der Waals surface area contributed by atoms with E-state index in [0.717, 1.165) is 4.31 Å². The Morgan fingerprint density at radius 3 is 2.05 bits per heavy atom. The van der Waals surface area contributed by atoms with E-state index in [1.807, 2.05) is 0 Å². The molecule has 0 atom stereocenters. The number of hydrogen-bond acceptors (Lipinski definition) is 5. The van der Waals surface area contributed by atoms with E-state index in [-0.39, 0.29) is 15.8 Å². The molecule has 1 saturated heterocycles. The molecule has 7 nitrogen and oxygen atoms in total. The monoisotopic (exact) mass is 347 g/mol. The number of nitrogens with zero attached hydrogens (tertiary/aromatic N) is 2. The van der Waals surface area contributed by atoms with Crippen LogP contribution in [0.2, 0.25) is 0 Å². The molecule has 124 valence electrons. The van der Waals surface area contributed by atoms with E-state index >= 15 is 0 Å². The first-order valence-electron chi connectivity index (χ1n) is 6.94. The van der Waals surface area contributed by atoms with Gasteiger partial charge in [-0.15, -0.1) is 0 Å². The molecule has 0 bridgehead atoms. The molecule has 22 heavy (non-hydrogen) atoms. The van der Waals surface area contributed by atoms with Crippen molar-refractivity contribution in [2.45, 2.75) is 28.7 Å². The third kappa shape index (κ3) is 3.18. The van der Waals surface area contributed by atoms with Crippen LogP contribution in [0.25, 0.3) is 0 Å². The average Bonchev–Trinajstić information content (AvgIpc) is 2.47. The zero-order valence-corrected chi connectivity index (χ0v) is 14.3. The fourth-order valence-electron chi connectivity index (χ4n) is 2.33. The van der Waals surface area contributed by atoms with Crippen molar-refractivity contribution in [1.82, 2.24) is 8.61 Å². The predicted octanol–water partition coefficient (Wildman–Crippen LogP) is 0.0487. The second-order valence-corrected chi connectivity index (χ2v) is 9.50. The summed E-state index contributed by atoms with van der Waals surface area (Å²) in [5, 5.41) is 0. The van der Waals surface area contributed by atoms with Crippen LogP contribution in [0.4, 0.5) is 0 Å². The summed E-state index contributed by atoms with van der Waals surface area (Å²) in [4.78, 5) is -0.381. The zero-order valence-electron chi connectivity index (χ0n) is 12.6. The summed E-state index contributed by atoms with van der Waals surface area (Å²) in [7, 11) is -4.95. The fourth-order valence-corrected chi connectivity index (χ4v) is 5.47. The molecule has 0 saturated carbocycles. The molecule has 0 radical (unpaired) electrons. The smallest absolute Gasteiger partial charge is 0.244 e. The maximum absolute atomic E-state index is 12.8. The maximum atomic E-state index is 12.8. The maximum Gasteiger partial charge on any atom is 0.244 e. The van der Waals surface area contributed by atoms with Crippen LogP contribution in [0.15, 0.2) is 34.1 Å². The Labute approximate surface area is 131 Å². The van der Waals surface area contributed by atoms with E-state index in [1.165, 1.54) is 42.7 Å². The van der Waals surface area contributed by atoms with E-state index < -0.39 is 20.0 Å². The first-order chi connectivity index (χ1) is 10.2. The molecular weight excluding hydrogens is 326 g/mol. The van der Waals surface area contributed by atoms with Crippen LogP contribution in [0.5, 0.6) is 0 Å². The fraction of sp³-hybridized carbons (Fsp3) is 0.538. The minimum absolute atomic E-state index is 0.00722. The number of rotatable bonds is 4. The summed E-state index contributed by atoms with van der Waals surface area (Å²) in [6, 6.07) is 5.68. The highest BCUT2D eigenvalue weighted by atomic mass is 32.2. The first-order valence-corrected chi connectivity index (χ1v) is 9.82. The van der Waals surface area contributed by atoms with Crippen LogP contribution >= 0.6 is 0 Å². The van der Waals surface area contributed by atoms with Crippen LogP contribution in [-0.2, 0) is 20.0 Å². The lowest BCUT2D eigenvalue weighted by molar-refractivity contribution is 0.319. The summed E-state index contributed by atoms with van der Waals surface area (Å²) in [6.07, 6.45) is 1.14. The van der Waals surface area contributed by atoms with Gasteiger partial charge in [0.05, 0.1) is 0 Å². The number of hydrogen-bond donors (Lipinski definition) is 1. The van der Waals surface area contributed by atoms with Gasteiger partial charge < -0.3 is 5.73 Å². The second-order valence-electron chi connectivity index (χ2n) is 5.48. The molecule has 0 aliphatic carbocycles. The summed E-state index contributed by atoms with van der Waals surface area (Å²) in [5.41, 5.74) is 5.79. The van der Waals surface area contributed by atoms with Gasteiger partial charge >= 0.3 is 0 Å². The van der Waals surface area contributed by atoms with E-state index in [2.05, 4.69) is 0 Å². The molecule has 0 unspecified atom stereocenters. The summed E-state index contributed by atoms with van der Waals surface area (Å²) < 4.78 is 52.6. The molecule has 1 aromatic rings. The molecule has 0 amide bonds. The zero-order chi connectivity index (χ0) is 16.5. The second kappa shape index (κ2) is 6.25. The largest absolute Gasteiger partial charge is 0.328 e. The highest BCUT2D eigenvalue weighted by molar-refractivity contribution is 7.92. The molecule has 0 spiro atoms. The molecule has 1 aliphatic rings. The van der Waals surface area contributed by atoms with Crippen LogP contribution in [0.3, 0.4) is 0 Å². The van der Waals surface area contributed by atoms with Crippen LogP contribution in [0, 0.1) is 0 Å². The Balaban J connectivity index is 2.49. The third-order valence-electron chi connectivity index (χ3n) is 3.72. The van der Waals surface area contributed by atoms with E-state index in [4.69, 9.17) is 5.73 Å². The van der Waals surface area contributed by atoms with Gasteiger partial charge in [0, 0.05) is 33.2 Å². The van der Waals surface area contributed by atoms with Gasteiger partial charge in [0.15, 0.2) is 0 Å². The van der Waals surface area contributed by atoms with E-state index in [1.54, 1.807) is 0 Å².